The van der Waals surface area contributed by atoms with E-state index in [0.717, 1.165) is 28.4 Å². The lowest BCUT2D eigenvalue weighted by Gasteiger charge is -2.35. The number of aromatic nitrogens is 1. The number of hydrogen-bond donors (Lipinski definition) is 1. The molecule has 0 radical (unpaired) electrons. The van der Waals surface area contributed by atoms with Crippen LogP contribution in [0.3, 0.4) is 0 Å². The molecule has 38 heavy (non-hydrogen) atoms. The Morgan fingerprint density at radius 3 is 2.24 bits per heavy atom. The van der Waals surface area contributed by atoms with Crippen molar-refractivity contribution in [3.63, 3.8) is 0 Å². The number of thiazole rings is 1. The third kappa shape index (κ3) is 7.17. The first-order valence-corrected chi connectivity index (χ1v) is 11.9. The van der Waals surface area contributed by atoms with E-state index >= 15 is 0 Å². The van der Waals surface area contributed by atoms with Crippen LogP contribution in [0.15, 0.2) is 18.2 Å². The molecule has 0 atom stereocenters. The van der Waals surface area contributed by atoms with Crippen LogP contribution in [-0.4, -0.2) is 76.5 Å². The van der Waals surface area contributed by atoms with E-state index in [0.29, 0.717) is 4.90 Å². The normalized spacial score (nSPS) is 15.1. The number of rotatable bonds is 7. The molecule has 1 fully saturated rings. The lowest BCUT2D eigenvalue weighted by molar-refractivity contribution is -0.274. The van der Waals surface area contributed by atoms with E-state index in [9.17, 15) is 40.7 Å². The monoisotopic (exact) mass is 570 g/mol. The van der Waals surface area contributed by atoms with Gasteiger partial charge in [-0.25, -0.2) is 9.78 Å². The Labute approximate surface area is 216 Å². The smallest absolute Gasteiger partial charge is 0.444 e. The van der Waals surface area contributed by atoms with E-state index in [1.54, 1.807) is 0 Å². The molecule has 0 bridgehead atoms. The maximum absolute atomic E-state index is 13.7. The van der Waals surface area contributed by atoms with Crippen molar-refractivity contribution in [3.8, 4) is 5.75 Å². The summed E-state index contributed by atoms with van der Waals surface area (Å²) in [6, 6.07) is 3.40. The van der Waals surface area contributed by atoms with Gasteiger partial charge in [0.2, 0.25) is 11.8 Å². The Kier molecular flexibility index (Phi) is 7.78. The second kappa shape index (κ2) is 10.1. The molecule has 1 heterocycles. The third-order valence-electron chi connectivity index (χ3n) is 5.32. The fraction of sp³-hybridized carbons (Fsp3) is 0.545. The van der Waals surface area contributed by atoms with Crippen molar-refractivity contribution >= 4 is 44.6 Å². The molecule has 16 heteroatoms. The molecule has 0 unspecified atom stereocenters. The number of fused-ring (bicyclic) bond motifs is 1. The minimum Gasteiger partial charge on any atom is -0.444 e. The third-order valence-corrected chi connectivity index (χ3v) is 6.26. The Bertz CT molecular complexity index is 1220. The maximum Gasteiger partial charge on any atom is 0.573 e. The van der Waals surface area contributed by atoms with Crippen LogP contribution in [0.2, 0.25) is 0 Å². The van der Waals surface area contributed by atoms with Gasteiger partial charge in [-0.05, 0) is 45.7 Å². The summed E-state index contributed by atoms with van der Waals surface area (Å²) < 4.78 is 87.7. The first-order valence-electron chi connectivity index (χ1n) is 11.1. The number of ether oxygens (including phenoxy) is 2. The molecule has 0 saturated heterocycles. The zero-order valence-corrected chi connectivity index (χ0v) is 21.4. The van der Waals surface area contributed by atoms with Crippen molar-refractivity contribution < 1.29 is 50.2 Å². The van der Waals surface area contributed by atoms with Crippen molar-refractivity contribution in [3.05, 3.63) is 18.2 Å². The highest BCUT2D eigenvalue weighted by Gasteiger charge is 2.69. The standard InChI is InChI=1S/C22H24F6N4O5S/c1-19(2,3)37-18(35)32(20(7-8-20)21(23,24)25)11-16(34)31(4)10-15(33)30-17-29-13-6-5-12(9-14(13)38-17)36-22(26,27)28/h5-6,9H,7-8,10-11H2,1-4H3,(H,29,30,33). The van der Waals surface area contributed by atoms with E-state index in [1.165, 1.54) is 33.9 Å². The molecular weight excluding hydrogens is 546 g/mol. The summed E-state index contributed by atoms with van der Waals surface area (Å²) in [7, 11) is 1.17. The Balaban J connectivity index is 1.66. The van der Waals surface area contributed by atoms with Crippen molar-refractivity contribution in [1.82, 2.24) is 14.8 Å². The number of nitrogens with one attached hydrogen (secondary N) is 1. The summed E-state index contributed by atoms with van der Waals surface area (Å²) >= 11 is 0.847. The van der Waals surface area contributed by atoms with Crippen LogP contribution in [0.4, 0.5) is 36.3 Å². The van der Waals surface area contributed by atoms with Gasteiger partial charge in [0.25, 0.3) is 0 Å². The number of benzene rings is 1. The number of hydrogen-bond acceptors (Lipinski definition) is 7. The van der Waals surface area contributed by atoms with Gasteiger partial charge in [-0.1, -0.05) is 11.3 Å². The highest BCUT2D eigenvalue weighted by Crippen LogP contribution is 2.54. The van der Waals surface area contributed by atoms with E-state index in [2.05, 4.69) is 15.0 Å². The molecule has 2 aromatic rings. The summed E-state index contributed by atoms with van der Waals surface area (Å²) in [4.78, 5) is 43.0. The average molecular weight is 571 g/mol. The molecule has 0 spiro atoms. The molecule has 1 aliphatic carbocycles. The van der Waals surface area contributed by atoms with Crippen LogP contribution in [-0.2, 0) is 14.3 Å². The first kappa shape index (κ1) is 29.3. The molecule has 1 aromatic heterocycles. The number of anilines is 1. The molecular formula is C22H24F6N4O5S. The van der Waals surface area contributed by atoms with E-state index < -0.39 is 60.4 Å². The predicted octanol–water partition coefficient (Wildman–Crippen LogP) is 4.92. The number of amides is 3. The first-order chi connectivity index (χ1) is 17.3. The molecule has 1 aliphatic rings. The van der Waals surface area contributed by atoms with Gasteiger partial charge in [0.15, 0.2) is 5.13 Å². The van der Waals surface area contributed by atoms with Crippen LogP contribution >= 0.6 is 11.3 Å². The topological polar surface area (TPSA) is 101 Å². The zero-order chi connectivity index (χ0) is 28.7. The molecule has 1 aromatic carbocycles. The maximum atomic E-state index is 13.7. The van der Waals surface area contributed by atoms with Crippen LogP contribution in [0.1, 0.15) is 33.6 Å². The average Bonchev–Trinajstić information content (AvgIpc) is 3.44. The van der Waals surface area contributed by atoms with Gasteiger partial charge in [-0.3, -0.25) is 14.5 Å². The van der Waals surface area contributed by atoms with Crippen molar-refractivity contribution in [2.45, 2.75) is 57.3 Å². The fourth-order valence-corrected chi connectivity index (χ4v) is 4.32. The Hall–Kier alpha value is -3.30. The number of halogens is 6. The van der Waals surface area contributed by atoms with Gasteiger partial charge >= 0.3 is 18.6 Å². The number of nitrogens with zero attached hydrogens (tertiary/aromatic N) is 3. The van der Waals surface area contributed by atoms with Crippen LogP contribution in [0.5, 0.6) is 5.75 Å². The number of carbonyl (C=O) groups is 3. The van der Waals surface area contributed by atoms with Crippen molar-refractivity contribution in [1.29, 1.82) is 0 Å². The number of carbonyl (C=O) groups excluding carboxylic acids is 3. The minimum atomic E-state index is -4.88. The number of likely N-dealkylation sites (N-methyl/N-ethyl adjacent to an activating group) is 1. The van der Waals surface area contributed by atoms with Gasteiger partial charge in [-0.2, -0.15) is 13.2 Å². The minimum absolute atomic E-state index is 0.0133. The molecule has 1 N–H and O–H groups in total. The summed E-state index contributed by atoms with van der Waals surface area (Å²) in [6.45, 7) is 2.85. The largest absolute Gasteiger partial charge is 0.573 e. The van der Waals surface area contributed by atoms with E-state index in [1.807, 2.05) is 0 Å². The predicted molar refractivity (Wildman–Crippen MR) is 124 cm³/mol. The Morgan fingerprint density at radius 2 is 1.71 bits per heavy atom. The quantitative estimate of drug-likeness (QED) is 0.475. The van der Waals surface area contributed by atoms with Crippen molar-refractivity contribution in [2.24, 2.45) is 0 Å². The van der Waals surface area contributed by atoms with Crippen LogP contribution in [0, 0.1) is 0 Å². The second-order valence-corrected chi connectivity index (χ2v) is 10.6. The molecule has 3 amide bonds. The highest BCUT2D eigenvalue weighted by atomic mass is 32.1. The summed E-state index contributed by atoms with van der Waals surface area (Å²) in [5.41, 5.74) is -3.36. The molecule has 1 saturated carbocycles. The second-order valence-electron chi connectivity index (χ2n) is 9.59. The van der Waals surface area contributed by atoms with Gasteiger partial charge in [0.1, 0.15) is 23.4 Å². The lowest BCUT2D eigenvalue weighted by atomic mass is 10.2. The summed E-state index contributed by atoms with van der Waals surface area (Å²) in [6.07, 6.45) is -11.8. The van der Waals surface area contributed by atoms with Crippen LogP contribution < -0.4 is 10.1 Å². The molecule has 3 rings (SSSR count). The number of alkyl halides is 6. The van der Waals surface area contributed by atoms with Gasteiger partial charge in [0.05, 0.1) is 16.8 Å². The zero-order valence-electron chi connectivity index (χ0n) is 20.6. The molecule has 9 nitrogen and oxygen atoms in total. The SMILES string of the molecule is CN(CC(=O)Nc1nc2ccc(OC(F)(F)F)cc2s1)C(=O)CN(C(=O)OC(C)(C)C)C1(C(F)(F)F)CC1. The van der Waals surface area contributed by atoms with Crippen LogP contribution in [0.25, 0.3) is 10.2 Å². The lowest BCUT2D eigenvalue weighted by Crippen LogP contribution is -2.56. The van der Waals surface area contributed by atoms with E-state index in [-0.39, 0.29) is 28.2 Å². The molecule has 0 aliphatic heterocycles. The fourth-order valence-electron chi connectivity index (χ4n) is 3.41. The van der Waals surface area contributed by atoms with Gasteiger partial charge in [-0.15, -0.1) is 13.2 Å². The van der Waals surface area contributed by atoms with E-state index in [4.69, 9.17) is 4.74 Å². The Morgan fingerprint density at radius 1 is 1.08 bits per heavy atom. The van der Waals surface area contributed by atoms with Crippen molar-refractivity contribution in [2.75, 3.05) is 25.5 Å². The summed E-state index contributed by atoms with van der Waals surface area (Å²) in [5, 5.41) is 2.40. The van der Waals surface area contributed by atoms with Gasteiger partial charge in [0, 0.05) is 13.1 Å². The molecule has 210 valence electrons. The highest BCUT2D eigenvalue weighted by molar-refractivity contribution is 7.22. The van der Waals surface area contributed by atoms with Gasteiger partial charge < -0.3 is 19.7 Å². The summed E-state index contributed by atoms with van der Waals surface area (Å²) in [5.74, 6) is -2.19.